The largest absolute Gasteiger partial charge is 0.397 e. The first-order valence-corrected chi connectivity index (χ1v) is 6.00. The molecule has 1 aromatic heterocycles. The number of benzene rings is 1. The number of rotatable bonds is 4. The molecule has 1 aromatic carbocycles. The van der Waals surface area contributed by atoms with Crippen LogP contribution in [-0.2, 0) is 13.5 Å². The van der Waals surface area contributed by atoms with Crippen LogP contribution in [0.4, 0.5) is 17.1 Å². The molecule has 0 aliphatic carbocycles. The molecule has 1 amide bonds. The minimum absolute atomic E-state index is 0.367. The molecule has 0 aliphatic rings. The third-order valence-corrected chi connectivity index (χ3v) is 2.86. The maximum atomic E-state index is 11.4. The topological polar surface area (TPSA) is 99.0 Å². The van der Waals surface area contributed by atoms with Crippen LogP contribution in [-0.4, -0.2) is 15.7 Å². The van der Waals surface area contributed by atoms with Crippen LogP contribution in [0.1, 0.15) is 23.0 Å². The second kappa shape index (κ2) is 5.01. The fraction of sp³-hybridized carbons (Fsp3) is 0.231. The molecular formula is C13H17N5O. The van der Waals surface area contributed by atoms with E-state index in [1.807, 2.05) is 20.2 Å². The Morgan fingerprint density at radius 3 is 2.84 bits per heavy atom. The number of para-hydroxylation sites is 1. The number of hydrogen-bond acceptors (Lipinski definition) is 4. The molecule has 0 bridgehead atoms. The molecule has 100 valence electrons. The van der Waals surface area contributed by atoms with Gasteiger partial charge in [0.2, 0.25) is 0 Å². The van der Waals surface area contributed by atoms with Gasteiger partial charge in [-0.2, -0.15) is 5.10 Å². The van der Waals surface area contributed by atoms with E-state index in [9.17, 15) is 4.79 Å². The predicted molar refractivity (Wildman–Crippen MR) is 75.2 cm³/mol. The van der Waals surface area contributed by atoms with Gasteiger partial charge in [-0.3, -0.25) is 9.48 Å². The monoisotopic (exact) mass is 259 g/mol. The van der Waals surface area contributed by atoms with Gasteiger partial charge >= 0.3 is 0 Å². The maximum Gasteiger partial charge on any atom is 0.250 e. The van der Waals surface area contributed by atoms with Crippen LogP contribution in [0.3, 0.4) is 0 Å². The number of carbonyl (C=O) groups excluding carboxylic acids is 1. The quantitative estimate of drug-likeness (QED) is 0.723. The van der Waals surface area contributed by atoms with Crippen molar-refractivity contribution in [3.05, 3.63) is 35.7 Å². The van der Waals surface area contributed by atoms with Gasteiger partial charge < -0.3 is 16.8 Å². The van der Waals surface area contributed by atoms with Crippen LogP contribution in [0.15, 0.2) is 24.4 Å². The van der Waals surface area contributed by atoms with E-state index >= 15 is 0 Å². The first kappa shape index (κ1) is 12.9. The van der Waals surface area contributed by atoms with E-state index in [0.29, 0.717) is 16.9 Å². The number of amides is 1. The van der Waals surface area contributed by atoms with Crippen molar-refractivity contribution in [3.8, 4) is 0 Å². The summed E-state index contributed by atoms with van der Waals surface area (Å²) in [6, 6.07) is 5.06. The zero-order valence-corrected chi connectivity index (χ0v) is 11.0. The highest BCUT2D eigenvalue weighted by molar-refractivity contribution is 6.02. The molecule has 5 N–H and O–H groups in total. The van der Waals surface area contributed by atoms with E-state index in [2.05, 4.69) is 10.4 Å². The Morgan fingerprint density at radius 2 is 2.21 bits per heavy atom. The van der Waals surface area contributed by atoms with Crippen molar-refractivity contribution in [2.45, 2.75) is 13.3 Å². The van der Waals surface area contributed by atoms with Crippen molar-refractivity contribution >= 4 is 23.0 Å². The number of nitrogens with two attached hydrogens (primary N) is 2. The average Bonchev–Trinajstić information content (AvgIpc) is 2.71. The van der Waals surface area contributed by atoms with Crippen LogP contribution in [0.25, 0.3) is 0 Å². The lowest BCUT2D eigenvalue weighted by Gasteiger charge is -2.12. The second-order valence-corrected chi connectivity index (χ2v) is 4.28. The van der Waals surface area contributed by atoms with Crippen molar-refractivity contribution in [3.63, 3.8) is 0 Å². The molecule has 0 atom stereocenters. The first-order chi connectivity index (χ1) is 9.02. The number of aryl methyl sites for hydroxylation is 2. The highest BCUT2D eigenvalue weighted by Gasteiger charge is 2.14. The standard InChI is InChI=1S/C13H17N5O/c1-3-10-11(7-18(2)17-10)16-12-8(13(15)19)5-4-6-9(12)14/h4-7,16H,3,14H2,1-2H3,(H2,15,19). The lowest BCUT2D eigenvalue weighted by molar-refractivity contribution is 0.100. The van der Waals surface area contributed by atoms with Gasteiger partial charge in [0.15, 0.2) is 0 Å². The lowest BCUT2D eigenvalue weighted by Crippen LogP contribution is -2.14. The summed E-state index contributed by atoms with van der Waals surface area (Å²) in [4.78, 5) is 11.4. The normalized spacial score (nSPS) is 10.4. The zero-order chi connectivity index (χ0) is 14.0. The zero-order valence-electron chi connectivity index (χ0n) is 11.0. The van der Waals surface area contributed by atoms with E-state index in [-0.39, 0.29) is 0 Å². The Morgan fingerprint density at radius 1 is 1.47 bits per heavy atom. The van der Waals surface area contributed by atoms with E-state index in [0.717, 1.165) is 17.8 Å². The molecule has 0 radical (unpaired) electrons. The van der Waals surface area contributed by atoms with Gasteiger partial charge in [-0.15, -0.1) is 0 Å². The number of nitrogens with one attached hydrogen (secondary N) is 1. The number of nitrogens with zero attached hydrogens (tertiary/aromatic N) is 2. The summed E-state index contributed by atoms with van der Waals surface area (Å²) in [5.41, 5.74) is 14.4. The molecule has 2 rings (SSSR count). The molecule has 0 saturated carbocycles. The highest BCUT2D eigenvalue weighted by Crippen LogP contribution is 2.28. The summed E-state index contributed by atoms with van der Waals surface area (Å²) in [5, 5.41) is 7.48. The van der Waals surface area contributed by atoms with Crippen LogP contribution in [0.5, 0.6) is 0 Å². The summed E-state index contributed by atoms with van der Waals surface area (Å²) in [7, 11) is 1.84. The van der Waals surface area contributed by atoms with E-state index in [1.165, 1.54) is 0 Å². The van der Waals surface area contributed by atoms with Crippen molar-refractivity contribution in [1.82, 2.24) is 9.78 Å². The predicted octanol–water partition coefficient (Wildman–Crippen LogP) is 1.41. The fourth-order valence-electron chi connectivity index (χ4n) is 1.95. The maximum absolute atomic E-state index is 11.4. The minimum atomic E-state index is -0.517. The number of anilines is 3. The van der Waals surface area contributed by atoms with Crippen molar-refractivity contribution < 1.29 is 4.79 Å². The molecule has 1 heterocycles. The molecule has 6 heteroatoms. The summed E-state index contributed by atoms with van der Waals surface area (Å²) in [6.45, 7) is 2.01. The van der Waals surface area contributed by atoms with Gasteiger partial charge in [0.1, 0.15) is 0 Å². The van der Waals surface area contributed by atoms with Crippen LogP contribution in [0.2, 0.25) is 0 Å². The van der Waals surface area contributed by atoms with Gasteiger partial charge in [0.05, 0.1) is 28.3 Å². The van der Waals surface area contributed by atoms with E-state index in [1.54, 1.807) is 22.9 Å². The average molecular weight is 259 g/mol. The number of aromatic nitrogens is 2. The summed E-state index contributed by atoms with van der Waals surface area (Å²) in [5.74, 6) is -0.517. The fourth-order valence-corrected chi connectivity index (χ4v) is 1.95. The van der Waals surface area contributed by atoms with Crippen molar-refractivity contribution in [2.24, 2.45) is 12.8 Å². The number of carbonyl (C=O) groups is 1. The molecule has 0 aliphatic heterocycles. The van der Waals surface area contributed by atoms with Gasteiger partial charge in [-0.1, -0.05) is 13.0 Å². The molecule has 0 spiro atoms. The van der Waals surface area contributed by atoms with E-state index in [4.69, 9.17) is 11.5 Å². The van der Waals surface area contributed by atoms with Crippen molar-refractivity contribution in [2.75, 3.05) is 11.1 Å². The van der Waals surface area contributed by atoms with E-state index < -0.39 is 5.91 Å². The lowest BCUT2D eigenvalue weighted by atomic mass is 10.1. The molecule has 19 heavy (non-hydrogen) atoms. The summed E-state index contributed by atoms with van der Waals surface area (Å²) in [6.07, 6.45) is 2.62. The Labute approximate surface area is 111 Å². The summed E-state index contributed by atoms with van der Waals surface area (Å²) >= 11 is 0. The van der Waals surface area contributed by atoms with Crippen LogP contribution >= 0.6 is 0 Å². The smallest absolute Gasteiger partial charge is 0.250 e. The third-order valence-electron chi connectivity index (χ3n) is 2.86. The summed E-state index contributed by atoms with van der Waals surface area (Å²) < 4.78 is 1.71. The molecule has 6 nitrogen and oxygen atoms in total. The molecular weight excluding hydrogens is 242 g/mol. The molecule has 0 unspecified atom stereocenters. The third kappa shape index (κ3) is 2.52. The van der Waals surface area contributed by atoms with Crippen molar-refractivity contribution in [1.29, 1.82) is 0 Å². The van der Waals surface area contributed by atoms with Gasteiger partial charge in [-0.25, -0.2) is 0 Å². The Bertz CT molecular complexity index is 617. The second-order valence-electron chi connectivity index (χ2n) is 4.28. The molecule has 0 fully saturated rings. The van der Waals surface area contributed by atoms with Crippen LogP contribution < -0.4 is 16.8 Å². The van der Waals surface area contributed by atoms with Gasteiger partial charge in [0, 0.05) is 13.2 Å². The number of primary amides is 1. The number of nitrogen functional groups attached to an aromatic ring is 1. The Hall–Kier alpha value is -2.50. The molecule has 0 saturated heterocycles. The van der Waals surface area contributed by atoms with Crippen LogP contribution in [0, 0.1) is 0 Å². The highest BCUT2D eigenvalue weighted by atomic mass is 16.1. The van der Waals surface area contributed by atoms with Gasteiger partial charge in [0.25, 0.3) is 5.91 Å². The first-order valence-electron chi connectivity index (χ1n) is 6.00. The number of hydrogen-bond donors (Lipinski definition) is 3. The minimum Gasteiger partial charge on any atom is -0.397 e. The molecule has 2 aromatic rings. The Kier molecular flexibility index (Phi) is 3.41. The Balaban J connectivity index is 2.45. The SMILES string of the molecule is CCc1nn(C)cc1Nc1c(N)cccc1C(N)=O. The van der Waals surface area contributed by atoms with Gasteiger partial charge in [-0.05, 0) is 18.6 Å².